The number of allylic oxidation sites excluding steroid dienone is 1. The van der Waals surface area contributed by atoms with Crippen LogP contribution in [0.15, 0.2) is 90.4 Å². The summed E-state index contributed by atoms with van der Waals surface area (Å²) in [5.74, 6) is 0.881. The van der Waals surface area contributed by atoms with E-state index >= 15 is 0 Å². The van der Waals surface area contributed by atoms with Crippen molar-refractivity contribution in [3.05, 3.63) is 112 Å². The van der Waals surface area contributed by atoms with Gasteiger partial charge in [0.25, 0.3) is 5.91 Å². The van der Waals surface area contributed by atoms with E-state index in [1.54, 1.807) is 28.9 Å². The quantitative estimate of drug-likeness (QED) is 0.331. The minimum absolute atomic E-state index is 0.274. The molecule has 7 nitrogen and oxygen atoms in total. The Morgan fingerprint density at radius 1 is 1.06 bits per heavy atom. The highest BCUT2D eigenvalue weighted by Crippen LogP contribution is 2.39. The predicted octanol–water partition coefficient (Wildman–Crippen LogP) is 6.09. The third-order valence-corrected chi connectivity index (χ3v) is 6.32. The number of anilines is 2. The van der Waals surface area contributed by atoms with Gasteiger partial charge in [0.15, 0.2) is 0 Å². The van der Waals surface area contributed by atoms with E-state index in [1.807, 2.05) is 55.5 Å². The highest BCUT2D eigenvalue weighted by molar-refractivity contribution is 6.31. The van der Waals surface area contributed by atoms with Crippen LogP contribution >= 0.6 is 23.2 Å². The van der Waals surface area contributed by atoms with Crippen LogP contribution in [0.1, 0.15) is 24.1 Å². The number of carbonyl (C=O) groups excluding carboxylic acids is 1. The van der Waals surface area contributed by atoms with Gasteiger partial charge in [-0.2, -0.15) is 10.1 Å². The summed E-state index contributed by atoms with van der Waals surface area (Å²) in [6, 6.07) is 21.5. The average molecular weight is 506 g/mol. The van der Waals surface area contributed by atoms with Crippen molar-refractivity contribution in [1.82, 2.24) is 14.8 Å². The van der Waals surface area contributed by atoms with Gasteiger partial charge in [0.05, 0.1) is 5.57 Å². The maximum atomic E-state index is 13.6. The first-order valence-corrected chi connectivity index (χ1v) is 11.7. The number of hydrogen-bond donors (Lipinski definition) is 2. The van der Waals surface area contributed by atoms with E-state index in [-0.39, 0.29) is 12.5 Å². The van der Waals surface area contributed by atoms with Gasteiger partial charge in [-0.15, -0.1) is 0 Å². The van der Waals surface area contributed by atoms with Crippen molar-refractivity contribution in [1.29, 1.82) is 0 Å². The summed E-state index contributed by atoms with van der Waals surface area (Å²) in [5.41, 5.74) is 3.43. The van der Waals surface area contributed by atoms with E-state index in [2.05, 4.69) is 20.7 Å². The summed E-state index contributed by atoms with van der Waals surface area (Å²) >= 11 is 12.3. The zero-order chi connectivity index (χ0) is 24.4. The molecule has 5 rings (SSSR count). The number of carbonyl (C=O) groups is 1. The van der Waals surface area contributed by atoms with Crippen molar-refractivity contribution in [3.63, 3.8) is 0 Å². The summed E-state index contributed by atoms with van der Waals surface area (Å²) in [7, 11) is 0. The van der Waals surface area contributed by atoms with Crippen LogP contribution in [0.3, 0.4) is 0 Å². The number of para-hydroxylation sites is 1. The molecule has 9 heteroatoms. The summed E-state index contributed by atoms with van der Waals surface area (Å²) < 4.78 is 7.89. The lowest BCUT2D eigenvalue weighted by Crippen LogP contribution is -2.31. The minimum Gasteiger partial charge on any atom is -0.488 e. The van der Waals surface area contributed by atoms with Gasteiger partial charge in [0.1, 0.15) is 24.7 Å². The summed E-state index contributed by atoms with van der Waals surface area (Å²) in [6.45, 7) is 2.12. The molecule has 176 valence electrons. The number of halogens is 2. The van der Waals surface area contributed by atoms with Gasteiger partial charge in [-0.3, -0.25) is 4.79 Å². The van der Waals surface area contributed by atoms with Gasteiger partial charge >= 0.3 is 0 Å². The van der Waals surface area contributed by atoms with E-state index in [0.717, 1.165) is 11.1 Å². The molecule has 0 saturated heterocycles. The SMILES string of the molecule is CC1=C(C(=O)Nc2ccc(Cl)cc2)[C@H](c2ccccc2OCc2ccccc2Cl)n2ncnc2N1. The lowest BCUT2D eigenvalue weighted by Gasteiger charge is -2.29. The first-order chi connectivity index (χ1) is 17.0. The zero-order valence-electron chi connectivity index (χ0n) is 18.7. The van der Waals surface area contributed by atoms with Crippen molar-refractivity contribution < 1.29 is 9.53 Å². The monoisotopic (exact) mass is 505 g/mol. The third-order valence-electron chi connectivity index (χ3n) is 5.70. The Morgan fingerprint density at radius 2 is 1.80 bits per heavy atom. The first-order valence-electron chi connectivity index (χ1n) is 10.9. The van der Waals surface area contributed by atoms with E-state index in [0.29, 0.717) is 38.7 Å². The van der Waals surface area contributed by atoms with Crippen LogP contribution in [-0.4, -0.2) is 20.7 Å². The third kappa shape index (κ3) is 4.73. The van der Waals surface area contributed by atoms with E-state index < -0.39 is 6.04 Å². The number of fused-ring (bicyclic) bond motifs is 1. The largest absolute Gasteiger partial charge is 0.488 e. The fourth-order valence-corrected chi connectivity index (χ4v) is 4.33. The molecule has 1 aliphatic heterocycles. The molecule has 0 aliphatic carbocycles. The van der Waals surface area contributed by atoms with Gasteiger partial charge < -0.3 is 15.4 Å². The normalized spacial score (nSPS) is 14.8. The molecule has 0 radical (unpaired) electrons. The Kier molecular flexibility index (Phi) is 6.44. The highest BCUT2D eigenvalue weighted by atomic mass is 35.5. The molecule has 0 saturated carbocycles. The molecule has 1 aromatic heterocycles. The molecule has 1 amide bonds. The van der Waals surface area contributed by atoms with E-state index in [4.69, 9.17) is 27.9 Å². The Hall–Kier alpha value is -3.81. The van der Waals surface area contributed by atoms with Crippen molar-refractivity contribution in [2.24, 2.45) is 0 Å². The fourth-order valence-electron chi connectivity index (χ4n) is 4.01. The van der Waals surface area contributed by atoms with Crippen LogP contribution in [0.4, 0.5) is 11.6 Å². The van der Waals surface area contributed by atoms with Crippen molar-refractivity contribution in [3.8, 4) is 5.75 Å². The zero-order valence-corrected chi connectivity index (χ0v) is 20.2. The average Bonchev–Trinajstić information content (AvgIpc) is 3.32. The van der Waals surface area contributed by atoms with Gasteiger partial charge in [0.2, 0.25) is 5.95 Å². The van der Waals surface area contributed by atoms with Crippen molar-refractivity contribution >= 4 is 40.7 Å². The van der Waals surface area contributed by atoms with Crippen LogP contribution in [0.5, 0.6) is 5.75 Å². The number of ether oxygens (including phenoxy) is 1. The summed E-state index contributed by atoms with van der Waals surface area (Å²) in [6.07, 6.45) is 1.45. The minimum atomic E-state index is -0.566. The second-order valence-electron chi connectivity index (χ2n) is 7.97. The Morgan fingerprint density at radius 3 is 2.60 bits per heavy atom. The summed E-state index contributed by atoms with van der Waals surface area (Å²) in [4.78, 5) is 17.9. The number of nitrogens with zero attached hydrogens (tertiary/aromatic N) is 3. The number of benzene rings is 3. The van der Waals surface area contributed by atoms with Crippen LogP contribution in [-0.2, 0) is 11.4 Å². The molecule has 35 heavy (non-hydrogen) atoms. The molecule has 1 atom stereocenters. The molecule has 2 N–H and O–H groups in total. The molecule has 2 heterocycles. The first kappa shape index (κ1) is 23.0. The molecular weight excluding hydrogens is 485 g/mol. The molecule has 0 spiro atoms. The number of nitrogens with one attached hydrogen (secondary N) is 2. The van der Waals surface area contributed by atoms with Crippen LogP contribution < -0.4 is 15.4 Å². The molecule has 0 bridgehead atoms. The smallest absolute Gasteiger partial charge is 0.255 e. The van der Waals surface area contributed by atoms with Crippen LogP contribution in [0.2, 0.25) is 10.0 Å². The molecular formula is C26H21Cl2N5O2. The van der Waals surface area contributed by atoms with Gasteiger partial charge in [0, 0.05) is 32.6 Å². The lowest BCUT2D eigenvalue weighted by molar-refractivity contribution is -0.113. The van der Waals surface area contributed by atoms with E-state index in [9.17, 15) is 4.79 Å². The number of hydrogen-bond acceptors (Lipinski definition) is 5. The molecule has 3 aromatic carbocycles. The van der Waals surface area contributed by atoms with Crippen molar-refractivity contribution in [2.75, 3.05) is 10.6 Å². The second kappa shape index (κ2) is 9.82. The number of aromatic nitrogens is 3. The van der Waals surface area contributed by atoms with Gasteiger partial charge in [-0.05, 0) is 43.3 Å². The topological polar surface area (TPSA) is 81.1 Å². The van der Waals surface area contributed by atoms with Crippen LogP contribution in [0, 0.1) is 0 Å². The van der Waals surface area contributed by atoms with Gasteiger partial charge in [-0.1, -0.05) is 59.6 Å². The van der Waals surface area contributed by atoms with E-state index in [1.165, 1.54) is 6.33 Å². The standard InChI is InChI=1S/C26H21Cl2N5O2/c1-16-23(25(34)32-19-12-10-18(27)11-13-19)24(33-26(31-16)29-15-30-33)20-7-3-5-9-22(20)35-14-17-6-2-4-8-21(17)28/h2-13,15,24H,14H2,1H3,(H,32,34)(H,29,30,31)/t24-/m0/s1. The van der Waals surface area contributed by atoms with Crippen LogP contribution in [0.25, 0.3) is 0 Å². The maximum absolute atomic E-state index is 13.6. The second-order valence-corrected chi connectivity index (χ2v) is 8.82. The molecule has 0 unspecified atom stereocenters. The number of rotatable bonds is 6. The van der Waals surface area contributed by atoms with Crippen molar-refractivity contribution in [2.45, 2.75) is 19.6 Å². The summed E-state index contributed by atoms with van der Waals surface area (Å²) in [5, 5.41) is 11.8. The number of amides is 1. The maximum Gasteiger partial charge on any atom is 0.255 e. The molecule has 1 aliphatic rings. The molecule has 0 fully saturated rings. The predicted molar refractivity (Wildman–Crippen MR) is 137 cm³/mol. The highest BCUT2D eigenvalue weighted by Gasteiger charge is 2.35. The Bertz CT molecular complexity index is 1420. The Labute approximate surface area is 212 Å². The fraction of sp³-hybridized carbons (Fsp3) is 0.115. The lowest BCUT2D eigenvalue weighted by atomic mass is 9.94. The molecule has 4 aromatic rings. The Balaban J connectivity index is 1.52. The van der Waals surface area contributed by atoms with Gasteiger partial charge in [-0.25, -0.2) is 4.68 Å².